The summed E-state index contributed by atoms with van der Waals surface area (Å²) in [6.07, 6.45) is -1.70. The molecule has 8 heteroatoms. The Morgan fingerprint density at radius 2 is 1.91 bits per heavy atom. The number of carbonyl (C=O) groups excluding carboxylic acids is 1. The first-order valence-electron chi connectivity index (χ1n) is 6.09. The van der Waals surface area contributed by atoms with Crippen LogP contribution in [0, 0.1) is 0 Å². The standard InChI is InChI=1S/C14H7ClF3N3O/c15-12(22)10-11(20-21-7-3-6-19-13(10)21)8-4-1-2-5-9(8)14(16,17)18/h1-7H. The quantitative estimate of drug-likeness (QED) is 0.673. The predicted octanol–water partition coefficient (Wildman–Crippen LogP) is 3.79. The van der Waals surface area contributed by atoms with Crippen molar-refractivity contribution in [3.63, 3.8) is 0 Å². The molecule has 3 rings (SSSR count). The molecule has 0 unspecified atom stereocenters. The lowest BCUT2D eigenvalue weighted by atomic mass is 10.0. The molecule has 1 aromatic carbocycles. The Balaban J connectivity index is 2.37. The van der Waals surface area contributed by atoms with Gasteiger partial charge in [-0.15, -0.1) is 0 Å². The number of hydrogen-bond acceptors (Lipinski definition) is 3. The van der Waals surface area contributed by atoms with Gasteiger partial charge in [0.15, 0.2) is 5.65 Å². The lowest BCUT2D eigenvalue weighted by Gasteiger charge is -2.11. The molecular weight excluding hydrogens is 319 g/mol. The third-order valence-electron chi connectivity index (χ3n) is 3.08. The van der Waals surface area contributed by atoms with Gasteiger partial charge in [0.2, 0.25) is 0 Å². The number of nitrogens with zero attached hydrogens (tertiary/aromatic N) is 3. The highest BCUT2D eigenvalue weighted by molar-refractivity contribution is 6.69. The van der Waals surface area contributed by atoms with Gasteiger partial charge in [-0.05, 0) is 23.7 Å². The summed E-state index contributed by atoms with van der Waals surface area (Å²) >= 11 is 5.53. The molecule has 0 saturated heterocycles. The van der Waals surface area contributed by atoms with Gasteiger partial charge in [-0.1, -0.05) is 18.2 Å². The molecule has 0 atom stereocenters. The van der Waals surface area contributed by atoms with Gasteiger partial charge < -0.3 is 0 Å². The second-order valence-corrected chi connectivity index (χ2v) is 4.77. The zero-order valence-electron chi connectivity index (χ0n) is 10.8. The molecule has 0 saturated carbocycles. The van der Waals surface area contributed by atoms with E-state index in [0.717, 1.165) is 6.07 Å². The first-order chi connectivity index (χ1) is 10.4. The molecule has 0 aliphatic rings. The van der Waals surface area contributed by atoms with Crippen molar-refractivity contribution in [2.75, 3.05) is 0 Å². The Morgan fingerprint density at radius 3 is 2.59 bits per heavy atom. The highest BCUT2D eigenvalue weighted by Crippen LogP contribution is 2.38. The molecule has 0 amide bonds. The van der Waals surface area contributed by atoms with E-state index in [1.807, 2.05) is 0 Å². The van der Waals surface area contributed by atoms with Crippen molar-refractivity contribution < 1.29 is 18.0 Å². The number of rotatable bonds is 2. The Hall–Kier alpha value is -2.41. The first kappa shape index (κ1) is 14.5. The maximum Gasteiger partial charge on any atom is 0.417 e. The van der Waals surface area contributed by atoms with Crippen molar-refractivity contribution in [3.8, 4) is 11.3 Å². The van der Waals surface area contributed by atoms with Crippen molar-refractivity contribution in [3.05, 3.63) is 53.9 Å². The van der Waals surface area contributed by atoms with Gasteiger partial charge in [0.1, 0.15) is 11.3 Å². The van der Waals surface area contributed by atoms with E-state index in [-0.39, 0.29) is 22.5 Å². The molecule has 0 bridgehead atoms. The lowest BCUT2D eigenvalue weighted by molar-refractivity contribution is -0.137. The maximum atomic E-state index is 13.2. The lowest BCUT2D eigenvalue weighted by Crippen LogP contribution is -2.08. The zero-order valence-corrected chi connectivity index (χ0v) is 11.6. The van der Waals surface area contributed by atoms with Crippen LogP contribution in [0.3, 0.4) is 0 Å². The van der Waals surface area contributed by atoms with Gasteiger partial charge in [-0.2, -0.15) is 18.3 Å². The van der Waals surface area contributed by atoms with Gasteiger partial charge in [-0.3, -0.25) is 4.79 Å². The van der Waals surface area contributed by atoms with Crippen LogP contribution in [0.5, 0.6) is 0 Å². The van der Waals surface area contributed by atoms with Crippen LogP contribution in [0.15, 0.2) is 42.7 Å². The molecule has 0 aliphatic carbocycles. The summed E-state index contributed by atoms with van der Waals surface area (Å²) in [7, 11) is 0. The van der Waals surface area contributed by atoms with Crippen LogP contribution in [0.4, 0.5) is 13.2 Å². The molecule has 2 aromatic heterocycles. The van der Waals surface area contributed by atoms with E-state index in [1.165, 1.54) is 35.1 Å². The average molecular weight is 326 g/mol. The fourth-order valence-electron chi connectivity index (χ4n) is 2.19. The van der Waals surface area contributed by atoms with Crippen molar-refractivity contribution in [1.29, 1.82) is 0 Å². The van der Waals surface area contributed by atoms with Gasteiger partial charge in [-0.25, -0.2) is 9.50 Å². The van der Waals surface area contributed by atoms with E-state index in [2.05, 4.69) is 10.1 Å². The molecule has 3 aromatic rings. The summed E-state index contributed by atoms with van der Waals surface area (Å²) in [6.45, 7) is 0. The molecule has 4 nitrogen and oxygen atoms in total. The minimum atomic E-state index is -4.58. The molecule has 0 spiro atoms. The largest absolute Gasteiger partial charge is 0.417 e. The minimum absolute atomic E-state index is 0.106. The summed E-state index contributed by atoms with van der Waals surface area (Å²) in [4.78, 5) is 15.6. The van der Waals surface area contributed by atoms with Gasteiger partial charge in [0.25, 0.3) is 5.24 Å². The van der Waals surface area contributed by atoms with Crippen LogP contribution in [0.2, 0.25) is 0 Å². The number of alkyl halides is 3. The van der Waals surface area contributed by atoms with E-state index >= 15 is 0 Å². The number of hydrogen-bond donors (Lipinski definition) is 0. The second kappa shape index (κ2) is 5.10. The Morgan fingerprint density at radius 1 is 1.18 bits per heavy atom. The van der Waals surface area contributed by atoms with Crippen LogP contribution < -0.4 is 0 Å². The Bertz CT molecular complexity index is 873. The molecule has 0 N–H and O–H groups in total. The third-order valence-corrected chi connectivity index (χ3v) is 3.27. The fourth-order valence-corrected chi connectivity index (χ4v) is 2.37. The van der Waals surface area contributed by atoms with E-state index in [9.17, 15) is 18.0 Å². The monoisotopic (exact) mass is 325 g/mol. The highest BCUT2D eigenvalue weighted by atomic mass is 35.5. The number of halogens is 4. The van der Waals surface area contributed by atoms with Gasteiger partial charge >= 0.3 is 6.18 Å². The van der Waals surface area contributed by atoms with Crippen LogP contribution in [0.25, 0.3) is 16.9 Å². The van der Waals surface area contributed by atoms with Gasteiger partial charge in [0, 0.05) is 18.0 Å². The van der Waals surface area contributed by atoms with Crippen molar-refractivity contribution >= 4 is 22.5 Å². The van der Waals surface area contributed by atoms with Crippen LogP contribution in [-0.4, -0.2) is 19.8 Å². The Kier molecular flexibility index (Phi) is 3.37. The molecular formula is C14H7ClF3N3O. The van der Waals surface area contributed by atoms with E-state index < -0.39 is 17.0 Å². The number of aromatic nitrogens is 3. The normalized spacial score (nSPS) is 11.8. The van der Waals surface area contributed by atoms with Crippen molar-refractivity contribution in [1.82, 2.24) is 14.6 Å². The summed E-state index contributed by atoms with van der Waals surface area (Å²) < 4.78 is 40.7. The number of fused-ring (bicyclic) bond motifs is 1. The number of benzene rings is 1. The minimum Gasteiger partial charge on any atom is -0.275 e. The predicted molar refractivity (Wildman–Crippen MR) is 73.6 cm³/mol. The van der Waals surface area contributed by atoms with E-state index in [4.69, 9.17) is 11.6 Å². The van der Waals surface area contributed by atoms with Crippen molar-refractivity contribution in [2.24, 2.45) is 0 Å². The first-order valence-corrected chi connectivity index (χ1v) is 6.47. The highest BCUT2D eigenvalue weighted by Gasteiger charge is 2.35. The molecule has 0 fully saturated rings. The van der Waals surface area contributed by atoms with Crippen LogP contribution in [-0.2, 0) is 6.18 Å². The maximum absolute atomic E-state index is 13.2. The molecule has 22 heavy (non-hydrogen) atoms. The summed E-state index contributed by atoms with van der Waals surface area (Å²) in [6, 6.07) is 6.41. The number of carbonyl (C=O) groups is 1. The van der Waals surface area contributed by atoms with E-state index in [1.54, 1.807) is 6.07 Å². The zero-order chi connectivity index (χ0) is 15.9. The molecule has 0 radical (unpaired) electrons. The van der Waals surface area contributed by atoms with E-state index in [0.29, 0.717) is 0 Å². The molecule has 0 aliphatic heterocycles. The molecule has 112 valence electrons. The fraction of sp³-hybridized carbons (Fsp3) is 0.0714. The van der Waals surface area contributed by atoms with Gasteiger partial charge in [0.05, 0.1) is 5.56 Å². The Labute approximate surface area is 127 Å². The van der Waals surface area contributed by atoms with Crippen molar-refractivity contribution in [2.45, 2.75) is 6.18 Å². The topological polar surface area (TPSA) is 47.3 Å². The SMILES string of the molecule is O=C(Cl)c1c(-c2ccccc2C(F)(F)F)nn2cccnc12. The third kappa shape index (κ3) is 2.33. The summed E-state index contributed by atoms with van der Waals surface area (Å²) in [5.41, 5.74) is -1.30. The second-order valence-electron chi connectivity index (χ2n) is 4.43. The van der Waals surface area contributed by atoms with Crippen LogP contribution in [0.1, 0.15) is 15.9 Å². The smallest absolute Gasteiger partial charge is 0.275 e. The molecule has 2 heterocycles. The summed E-state index contributed by atoms with van der Waals surface area (Å²) in [5.74, 6) is 0. The van der Waals surface area contributed by atoms with Crippen LogP contribution >= 0.6 is 11.6 Å². The average Bonchev–Trinajstić information content (AvgIpc) is 2.85. The summed E-state index contributed by atoms with van der Waals surface area (Å²) in [5, 5.41) is 3.11.